The summed E-state index contributed by atoms with van der Waals surface area (Å²) < 4.78 is 29.3. The van der Waals surface area contributed by atoms with Gasteiger partial charge in [0.1, 0.15) is 43.8 Å². The molecule has 0 unspecified atom stereocenters. The summed E-state index contributed by atoms with van der Waals surface area (Å²) in [5, 5.41) is 52.0. The van der Waals surface area contributed by atoms with E-state index in [9.17, 15) is 38.1 Å². The zero-order chi connectivity index (χ0) is 57.7. The van der Waals surface area contributed by atoms with Gasteiger partial charge < -0.3 is 58.7 Å². The third-order valence-electron chi connectivity index (χ3n) is 12.6. The Morgan fingerprint density at radius 1 is 0.532 bits per heavy atom. The highest BCUT2D eigenvalue weighted by Gasteiger charge is 2.42. The third kappa shape index (κ3) is 14.1. The van der Waals surface area contributed by atoms with E-state index in [0.29, 0.717) is 61.6 Å². The van der Waals surface area contributed by atoms with Gasteiger partial charge in [0.15, 0.2) is 23.1 Å². The van der Waals surface area contributed by atoms with Gasteiger partial charge in [-0.15, -0.1) is 0 Å². The Labute approximate surface area is 459 Å². The van der Waals surface area contributed by atoms with Gasteiger partial charge in [0.2, 0.25) is 0 Å². The number of aromatic hydroxyl groups is 3. The van der Waals surface area contributed by atoms with E-state index in [2.05, 4.69) is 24.7 Å². The number of benzene rings is 3. The molecule has 0 radical (unpaired) electrons. The van der Waals surface area contributed by atoms with E-state index in [-0.39, 0.29) is 101 Å². The first-order chi connectivity index (χ1) is 35.8. The normalized spacial score (nSPS) is 18.2. The van der Waals surface area contributed by atoms with Crippen molar-refractivity contribution in [3.8, 4) is 17.2 Å². The van der Waals surface area contributed by atoms with Crippen LogP contribution in [0.4, 0.5) is 39.9 Å². The van der Waals surface area contributed by atoms with Crippen molar-refractivity contribution in [1.29, 1.82) is 10.8 Å². The maximum atomic E-state index is 12.6. The topological polar surface area (TPSA) is 401 Å². The van der Waals surface area contributed by atoms with Crippen LogP contribution in [0.15, 0.2) is 39.0 Å². The van der Waals surface area contributed by atoms with E-state index >= 15 is 0 Å². The molecule has 5 aliphatic rings. The number of hydrogen-bond donors (Lipinski definition) is 11. The molecule has 0 bridgehead atoms. The zero-order valence-corrected chi connectivity index (χ0v) is 46.6. The molecule has 0 aliphatic carbocycles. The number of hydrazine groups is 2. The molecule has 0 atom stereocenters. The number of nitrogen functional groups attached to an aromatic ring is 5. The molecular weight excluding hydrogens is 1090 g/mol. The quantitative estimate of drug-likeness (QED) is 0.101. The Morgan fingerprint density at radius 3 is 1.25 bits per heavy atom. The Kier molecular flexibility index (Phi) is 19.7. The Morgan fingerprint density at radius 2 is 0.870 bits per heavy atom. The summed E-state index contributed by atoms with van der Waals surface area (Å²) in [6.07, 6.45) is 0.715. The third-order valence-corrected chi connectivity index (χ3v) is 13.8. The van der Waals surface area contributed by atoms with Crippen LogP contribution in [0.3, 0.4) is 0 Å². The van der Waals surface area contributed by atoms with E-state index in [1.807, 2.05) is 21.1 Å². The number of aliphatic imine (C=N–C) groups is 2. The number of aryl methyl sites for hydroxylation is 3. The van der Waals surface area contributed by atoms with Gasteiger partial charge in [-0.05, 0) is 76.8 Å². The molecule has 1 aromatic heterocycles. The van der Waals surface area contributed by atoms with Crippen molar-refractivity contribution in [3.05, 3.63) is 66.4 Å². The van der Waals surface area contributed by atoms with Crippen LogP contribution in [0.2, 0.25) is 15.1 Å². The molecule has 31 heteroatoms. The number of halogens is 3. The van der Waals surface area contributed by atoms with E-state index in [1.165, 1.54) is 10.0 Å². The SMILES string of the molecule is CN1CCn2c(N)c(N)c(=O)n2CC1.CS(=O)(=O)O.Cc1cc(N=C2C(=N)N3CCN(C)CCN3C2=O)c(N)c(Cl)c1O.Cc1cc(N=C2C(=N)N3CCN(C)CCN3C2=O)c(N)c(Cl)c1O.Cc1ccc(N)c(Cl)c1O. The van der Waals surface area contributed by atoms with E-state index in [4.69, 9.17) is 78.8 Å². The molecular formula is C46H65Cl3N18O9S. The number of carbonyl (C=O) groups excluding carboxylic acids is 2. The molecule has 9 rings (SSSR count). The fourth-order valence-corrected chi connectivity index (χ4v) is 8.62. The molecule has 0 spiro atoms. The smallest absolute Gasteiger partial charge is 0.294 e. The zero-order valence-electron chi connectivity index (χ0n) is 43.5. The lowest BCUT2D eigenvalue weighted by Crippen LogP contribution is -2.41. The minimum Gasteiger partial charge on any atom is -0.506 e. The lowest BCUT2D eigenvalue weighted by atomic mass is 10.1. The minimum atomic E-state index is -3.67. The number of hydrogen-bond acceptors (Lipinski definition) is 20. The van der Waals surface area contributed by atoms with Crippen molar-refractivity contribution < 1.29 is 37.9 Å². The monoisotopic (exact) mass is 1150 g/mol. The number of likely N-dealkylation sites (N-methyl/N-ethyl adjacent to an activating group) is 3. The van der Waals surface area contributed by atoms with Crippen LogP contribution in [0, 0.1) is 31.6 Å². The second-order valence-electron chi connectivity index (χ2n) is 18.4. The van der Waals surface area contributed by atoms with Gasteiger partial charge in [0, 0.05) is 39.3 Å². The highest BCUT2D eigenvalue weighted by Crippen LogP contribution is 2.41. The van der Waals surface area contributed by atoms with Gasteiger partial charge in [0.25, 0.3) is 27.5 Å². The summed E-state index contributed by atoms with van der Waals surface area (Å²) in [5.74, 6) is -0.286. The number of anilines is 5. The van der Waals surface area contributed by atoms with Crippen LogP contribution in [-0.4, -0.2) is 200 Å². The predicted octanol–water partition coefficient (Wildman–Crippen LogP) is 2.18. The largest absolute Gasteiger partial charge is 0.506 e. The van der Waals surface area contributed by atoms with E-state index < -0.39 is 10.1 Å². The highest BCUT2D eigenvalue weighted by atomic mass is 35.5. The lowest BCUT2D eigenvalue weighted by molar-refractivity contribution is -0.132. The first-order valence-corrected chi connectivity index (χ1v) is 26.5. The van der Waals surface area contributed by atoms with Gasteiger partial charge in [-0.25, -0.2) is 24.7 Å². The molecule has 3 aromatic carbocycles. The minimum absolute atomic E-state index is 0.00257. The lowest BCUT2D eigenvalue weighted by Gasteiger charge is -2.24. The van der Waals surface area contributed by atoms with Crippen LogP contribution in [-0.2, 0) is 32.8 Å². The molecule has 5 aliphatic heterocycles. The summed E-state index contributed by atoms with van der Waals surface area (Å²) in [6.45, 7) is 13.3. The van der Waals surface area contributed by atoms with E-state index in [1.54, 1.807) is 64.4 Å². The van der Waals surface area contributed by atoms with Crippen LogP contribution in [0.25, 0.3) is 0 Å². The van der Waals surface area contributed by atoms with Crippen molar-refractivity contribution in [1.82, 2.24) is 44.1 Å². The summed E-state index contributed by atoms with van der Waals surface area (Å²) >= 11 is 17.6. The number of nitrogens with zero attached hydrogens (tertiary/aromatic N) is 11. The predicted molar refractivity (Wildman–Crippen MR) is 301 cm³/mol. The van der Waals surface area contributed by atoms with Crippen molar-refractivity contribution >= 4 is 120 Å². The maximum Gasteiger partial charge on any atom is 0.294 e. The van der Waals surface area contributed by atoms with Crippen LogP contribution in [0.5, 0.6) is 17.2 Å². The van der Waals surface area contributed by atoms with Crippen LogP contribution < -0.4 is 34.2 Å². The molecule has 2 amide bonds. The molecule has 4 saturated heterocycles. The van der Waals surface area contributed by atoms with E-state index in [0.717, 1.165) is 51.4 Å². The molecule has 6 heterocycles. The Bertz CT molecular complexity index is 2990. The van der Waals surface area contributed by atoms with Crippen LogP contribution in [0.1, 0.15) is 16.7 Å². The van der Waals surface area contributed by atoms with Gasteiger partial charge in [-0.2, -0.15) is 8.42 Å². The number of amidine groups is 2. The number of nitrogens with two attached hydrogens (primary N) is 5. The van der Waals surface area contributed by atoms with Gasteiger partial charge in [-0.3, -0.25) is 44.5 Å². The number of nitrogens with one attached hydrogen (secondary N) is 2. The number of phenolic OH excluding ortho intramolecular Hbond substituents is 3. The molecule has 27 nitrogen and oxygen atoms in total. The Hall–Kier alpha value is -7.05. The number of aromatic nitrogens is 2. The average molecular weight is 1150 g/mol. The molecule has 77 heavy (non-hydrogen) atoms. The first-order valence-electron chi connectivity index (χ1n) is 23.5. The molecule has 4 aromatic rings. The summed E-state index contributed by atoms with van der Waals surface area (Å²) in [7, 11) is 2.32. The second-order valence-corrected chi connectivity index (χ2v) is 21.0. The molecule has 16 N–H and O–H groups in total. The standard InChI is InChI=1S/2C15H19ClN6O2.C8H15N5O.C7H8ClNO.CH4O3S/c2*1-8-7-9(11(17)10(16)13(8)23)19-12-14(18)21-5-3-20(2)4-6-22(21)15(12)24;1-11-2-4-12-7(10)6(9)8(14)13(12)5-3-11;1-4-2-3-5(9)6(8)7(4)10;1-5(2,3)4/h2*7,18,23H,3-6,17H2,1-2H3;2-5,9-10H2,1H3;2-3,10H,9H2,1H3;1H3,(H,2,3,4). The summed E-state index contributed by atoms with van der Waals surface area (Å²) in [5.41, 5.74) is 31.5. The highest BCUT2D eigenvalue weighted by molar-refractivity contribution is 7.85. The maximum absolute atomic E-state index is 12.6. The fraction of sp³-hybridized carbons (Fsp3) is 0.413. The van der Waals surface area contributed by atoms with Gasteiger partial charge in [0.05, 0.1) is 74.0 Å². The molecule has 420 valence electrons. The number of carbonyl (C=O) groups is 2. The first kappa shape index (κ1) is 60.8. The number of fused-ring (bicyclic) bond motifs is 3. The average Bonchev–Trinajstić information content (AvgIpc) is 3.60. The number of rotatable bonds is 2. The Balaban J connectivity index is 0.000000192. The molecule has 4 fully saturated rings. The summed E-state index contributed by atoms with van der Waals surface area (Å²) in [6, 6.07) is 6.49. The van der Waals surface area contributed by atoms with Gasteiger partial charge >= 0.3 is 0 Å². The van der Waals surface area contributed by atoms with Crippen molar-refractivity contribution in [2.24, 2.45) is 9.98 Å². The number of phenols is 3. The second kappa shape index (κ2) is 25.0. The van der Waals surface area contributed by atoms with Crippen molar-refractivity contribution in [2.75, 3.05) is 122 Å². The van der Waals surface area contributed by atoms with Crippen molar-refractivity contribution in [2.45, 2.75) is 33.9 Å². The van der Waals surface area contributed by atoms with Crippen LogP contribution >= 0.6 is 34.8 Å². The fourth-order valence-electron chi connectivity index (χ4n) is 7.91. The summed E-state index contributed by atoms with van der Waals surface area (Å²) in [4.78, 5) is 51.8. The molecule has 0 saturated carbocycles. The number of amides is 2. The van der Waals surface area contributed by atoms with Gasteiger partial charge in [-0.1, -0.05) is 40.9 Å². The van der Waals surface area contributed by atoms with Crippen molar-refractivity contribution in [3.63, 3.8) is 0 Å².